The zero-order valence-corrected chi connectivity index (χ0v) is 16.2. The fraction of sp³-hybridized carbons (Fsp3) is 0.188. The molecule has 0 aromatic carbocycles. The van der Waals surface area contributed by atoms with E-state index < -0.39 is 28.6 Å². The van der Waals surface area contributed by atoms with E-state index in [1.807, 2.05) is 0 Å². The number of nitrogens with one attached hydrogen (secondary N) is 1. The number of amides is 1. The molecule has 10 nitrogen and oxygen atoms in total. The van der Waals surface area contributed by atoms with Crippen LogP contribution < -0.4 is 5.32 Å². The molecule has 0 saturated carbocycles. The molecule has 14 heteroatoms. The number of nitrogens with zero attached hydrogens (tertiary/aromatic N) is 6. The van der Waals surface area contributed by atoms with Crippen LogP contribution in [-0.4, -0.2) is 35.6 Å². The van der Waals surface area contributed by atoms with Gasteiger partial charge in [0, 0.05) is 18.5 Å². The van der Waals surface area contributed by atoms with Crippen molar-refractivity contribution in [3.05, 3.63) is 70.2 Å². The maximum absolute atomic E-state index is 12.8. The summed E-state index contributed by atoms with van der Waals surface area (Å²) in [4.78, 5) is 33.9. The van der Waals surface area contributed by atoms with E-state index in [0.29, 0.717) is 12.3 Å². The fourth-order valence-electron chi connectivity index (χ4n) is 2.40. The second-order valence-electron chi connectivity index (χ2n) is 5.82. The number of halogens is 3. The predicted molar refractivity (Wildman–Crippen MR) is 101 cm³/mol. The van der Waals surface area contributed by atoms with Gasteiger partial charge in [0.25, 0.3) is 11.6 Å². The van der Waals surface area contributed by atoms with Gasteiger partial charge in [0.05, 0.1) is 22.1 Å². The minimum Gasteiger partial charge on any atom is -0.342 e. The number of hydrogen-bond acceptors (Lipinski definition) is 7. The van der Waals surface area contributed by atoms with E-state index in [2.05, 4.69) is 25.4 Å². The van der Waals surface area contributed by atoms with Crippen molar-refractivity contribution in [2.75, 3.05) is 0 Å². The van der Waals surface area contributed by atoms with Crippen LogP contribution in [-0.2, 0) is 6.18 Å². The van der Waals surface area contributed by atoms with Gasteiger partial charge in [-0.15, -0.1) is 0 Å². The van der Waals surface area contributed by atoms with E-state index in [1.165, 1.54) is 23.1 Å². The summed E-state index contributed by atoms with van der Waals surface area (Å²) in [6, 6.07) is 2.50. The highest BCUT2D eigenvalue weighted by molar-refractivity contribution is 7.59. The van der Waals surface area contributed by atoms with Gasteiger partial charge < -0.3 is 5.32 Å². The van der Waals surface area contributed by atoms with Gasteiger partial charge in [0.15, 0.2) is 11.6 Å². The van der Waals surface area contributed by atoms with Crippen molar-refractivity contribution in [3.8, 4) is 5.82 Å². The Labute approximate surface area is 173 Å². The molecular weight excluding hydrogens is 427 g/mol. The summed E-state index contributed by atoms with van der Waals surface area (Å²) in [6.45, 7) is 1.55. The summed E-state index contributed by atoms with van der Waals surface area (Å²) in [5.41, 5.74) is -1.53. The van der Waals surface area contributed by atoms with Crippen LogP contribution in [0.15, 0.2) is 43.1 Å². The van der Waals surface area contributed by atoms with E-state index in [-0.39, 0.29) is 36.4 Å². The molecule has 0 aliphatic carbocycles. The van der Waals surface area contributed by atoms with Gasteiger partial charge in [0.1, 0.15) is 12.5 Å². The molecule has 0 spiro atoms. The lowest BCUT2D eigenvalue weighted by Crippen LogP contribution is -2.29. The first-order valence-corrected chi connectivity index (χ1v) is 8.00. The third-order valence-corrected chi connectivity index (χ3v) is 3.80. The third-order valence-electron chi connectivity index (χ3n) is 3.80. The van der Waals surface area contributed by atoms with Gasteiger partial charge in [-0.25, -0.2) is 9.97 Å². The third kappa shape index (κ3) is 4.89. The topological polar surface area (TPSA) is 129 Å². The summed E-state index contributed by atoms with van der Waals surface area (Å²) >= 11 is 0. The molecule has 3 aromatic heterocycles. The van der Waals surface area contributed by atoms with Gasteiger partial charge in [0.2, 0.25) is 0 Å². The van der Waals surface area contributed by atoms with Crippen molar-refractivity contribution in [1.82, 2.24) is 30.0 Å². The Bertz CT molecular complexity index is 1060. The fourth-order valence-corrected chi connectivity index (χ4v) is 2.40. The highest BCUT2D eigenvalue weighted by Crippen LogP contribution is 2.29. The van der Waals surface area contributed by atoms with Crippen LogP contribution in [0.5, 0.6) is 0 Å². The monoisotopic (exact) mass is 441 g/mol. The average Bonchev–Trinajstić information content (AvgIpc) is 3.17. The first kappa shape index (κ1) is 22.7. The molecule has 0 unspecified atom stereocenters. The molecule has 1 atom stereocenters. The molecule has 0 aliphatic rings. The lowest BCUT2D eigenvalue weighted by molar-refractivity contribution is -0.385. The van der Waals surface area contributed by atoms with Crippen LogP contribution in [0.3, 0.4) is 0 Å². The van der Waals surface area contributed by atoms with Crippen molar-refractivity contribution in [3.63, 3.8) is 0 Å². The van der Waals surface area contributed by atoms with E-state index >= 15 is 0 Å². The second-order valence-corrected chi connectivity index (χ2v) is 5.82. The Kier molecular flexibility index (Phi) is 6.71. The molecule has 0 radical (unpaired) electrons. The van der Waals surface area contributed by atoms with E-state index in [0.717, 1.165) is 12.4 Å². The molecule has 30 heavy (non-hydrogen) atoms. The molecule has 158 valence electrons. The minimum absolute atomic E-state index is 0. The SMILES string of the molecule is C[C@H](NC(=O)c1cncc(C(F)(F)F)c1)c1ncnn1-c1ccc([N+](=O)[O-])cn1.S. The van der Waals surface area contributed by atoms with Crippen molar-refractivity contribution in [2.45, 2.75) is 19.1 Å². The summed E-state index contributed by atoms with van der Waals surface area (Å²) in [5.74, 6) is -0.355. The van der Waals surface area contributed by atoms with Crippen molar-refractivity contribution in [1.29, 1.82) is 0 Å². The molecule has 3 aromatic rings. The molecule has 3 rings (SSSR count). The molecule has 0 fully saturated rings. The van der Waals surface area contributed by atoms with Crippen LogP contribution in [0.25, 0.3) is 5.82 Å². The number of nitro groups is 1. The standard InChI is InChI=1S/C16H12F3N7O3.H2S/c1-9(24-15(27)10-4-11(6-20-5-10)16(17,18)19)14-22-8-23-25(14)13-3-2-12(7-21-13)26(28)29;/h2-9H,1H3,(H,24,27);1H2/t9-;/m0./s1. The second kappa shape index (κ2) is 8.86. The lowest BCUT2D eigenvalue weighted by atomic mass is 10.2. The zero-order valence-electron chi connectivity index (χ0n) is 15.2. The first-order chi connectivity index (χ1) is 13.7. The number of pyridine rings is 2. The summed E-state index contributed by atoms with van der Waals surface area (Å²) in [7, 11) is 0. The number of hydrogen-bond donors (Lipinski definition) is 1. The van der Waals surface area contributed by atoms with Crippen molar-refractivity contribution < 1.29 is 22.9 Å². The maximum atomic E-state index is 12.8. The Balaban J connectivity index is 0.00000320. The normalized spacial score (nSPS) is 12.0. The Morgan fingerprint density at radius 2 is 1.97 bits per heavy atom. The van der Waals surface area contributed by atoms with Gasteiger partial charge in [-0.1, -0.05) is 0 Å². The maximum Gasteiger partial charge on any atom is 0.417 e. The Morgan fingerprint density at radius 3 is 2.57 bits per heavy atom. The number of carbonyl (C=O) groups excluding carboxylic acids is 1. The van der Waals surface area contributed by atoms with Gasteiger partial charge in [-0.3, -0.25) is 19.9 Å². The van der Waals surface area contributed by atoms with Crippen LogP contribution in [0.1, 0.15) is 34.7 Å². The number of carbonyl (C=O) groups is 1. The first-order valence-electron chi connectivity index (χ1n) is 8.00. The average molecular weight is 441 g/mol. The highest BCUT2D eigenvalue weighted by Gasteiger charge is 2.31. The molecule has 1 amide bonds. The largest absolute Gasteiger partial charge is 0.417 e. The van der Waals surface area contributed by atoms with Crippen molar-refractivity contribution >= 4 is 25.1 Å². The lowest BCUT2D eigenvalue weighted by Gasteiger charge is -2.15. The smallest absolute Gasteiger partial charge is 0.342 e. The number of rotatable bonds is 5. The van der Waals surface area contributed by atoms with Crippen LogP contribution >= 0.6 is 13.5 Å². The molecule has 1 N–H and O–H groups in total. The van der Waals surface area contributed by atoms with Gasteiger partial charge in [-0.05, 0) is 19.1 Å². The predicted octanol–water partition coefficient (Wildman–Crippen LogP) is 2.59. The van der Waals surface area contributed by atoms with Crippen LogP contribution in [0.2, 0.25) is 0 Å². The van der Waals surface area contributed by atoms with E-state index in [1.54, 1.807) is 6.92 Å². The van der Waals surface area contributed by atoms with Gasteiger partial charge >= 0.3 is 6.18 Å². The van der Waals surface area contributed by atoms with E-state index in [4.69, 9.17) is 0 Å². The molecule has 0 saturated heterocycles. The molecule has 0 bridgehead atoms. The molecule has 3 heterocycles. The zero-order chi connectivity index (χ0) is 21.2. The Hall–Kier alpha value is -3.55. The summed E-state index contributed by atoms with van der Waals surface area (Å²) in [5, 5.41) is 17.2. The van der Waals surface area contributed by atoms with Crippen LogP contribution in [0, 0.1) is 10.1 Å². The van der Waals surface area contributed by atoms with Gasteiger partial charge in [-0.2, -0.15) is 36.4 Å². The highest BCUT2D eigenvalue weighted by atomic mass is 32.1. The van der Waals surface area contributed by atoms with Crippen molar-refractivity contribution in [2.24, 2.45) is 0 Å². The Morgan fingerprint density at radius 1 is 1.23 bits per heavy atom. The molecule has 0 aliphatic heterocycles. The number of aromatic nitrogens is 5. The summed E-state index contributed by atoms with van der Waals surface area (Å²) in [6.07, 6.45) is -0.765. The minimum atomic E-state index is -4.63. The molecular formula is C16H14F3N7O3S. The van der Waals surface area contributed by atoms with Crippen LogP contribution in [0.4, 0.5) is 18.9 Å². The van der Waals surface area contributed by atoms with E-state index in [9.17, 15) is 28.1 Å². The number of alkyl halides is 3. The summed E-state index contributed by atoms with van der Waals surface area (Å²) < 4.78 is 39.6. The quantitative estimate of drug-likeness (QED) is 0.476.